The molecule has 0 fully saturated rings. The molecule has 0 amide bonds. The van der Waals surface area contributed by atoms with E-state index in [4.69, 9.17) is 5.11 Å². The van der Waals surface area contributed by atoms with Gasteiger partial charge in [-0.2, -0.15) is 4.39 Å². The van der Waals surface area contributed by atoms with E-state index >= 15 is 0 Å². The second-order valence-corrected chi connectivity index (χ2v) is 2.34. The average molecular weight is 171 g/mol. The van der Waals surface area contributed by atoms with E-state index in [-0.39, 0.29) is 6.61 Å². The highest BCUT2D eigenvalue weighted by atomic mass is 19.1. The van der Waals surface area contributed by atoms with Crippen molar-refractivity contribution in [2.45, 2.75) is 0 Å². The van der Waals surface area contributed by atoms with Crippen LogP contribution in [0.4, 0.5) is 10.2 Å². The fraction of sp³-hybridized carbons (Fsp3) is 0.429. The topological polar surface area (TPSA) is 49.2 Å². The number of hydrogen-bond donors (Lipinski definition) is 1. The Bertz CT molecular complexity index is 256. The third kappa shape index (κ3) is 2.13. The molecule has 0 aliphatic rings. The van der Waals surface area contributed by atoms with Crippen LogP contribution in [0.5, 0.6) is 0 Å². The highest BCUT2D eigenvalue weighted by Crippen LogP contribution is 2.06. The molecule has 0 saturated heterocycles. The van der Waals surface area contributed by atoms with Crippen LogP contribution in [-0.2, 0) is 0 Å². The van der Waals surface area contributed by atoms with Crippen LogP contribution in [0.15, 0.2) is 12.4 Å². The highest BCUT2D eigenvalue weighted by Gasteiger charge is 2.02. The molecule has 66 valence electrons. The van der Waals surface area contributed by atoms with Gasteiger partial charge in [-0.15, -0.1) is 0 Å². The van der Waals surface area contributed by atoms with Crippen molar-refractivity contribution in [3.8, 4) is 0 Å². The van der Waals surface area contributed by atoms with Crippen LogP contribution in [0.2, 0.25) is 0 Å². The molecule has 0 bridgehead atoms. The second kappa shape index (κ2) is 3.96. The van der Waals surface area contributed by atoms with Gasteiger partial charge in [0.1, 0.15) is 12.1 Å². The molecule has 0 aliphatic carbocycles. The minimum atomic E-state index is -0.565. The molecule has 0 aromatic carbocycles. The molecule has 1 heterocycles. The first kappa shape index (κ1) is 8.86. The quantitative estimate of drug-likeness (QED) is 0.652. The number of nitrogens with zero attached hydrogens (tertiary/aromatic N) is 3. The van der Waals surface area contributed by atoms with E-state index in [2.05, 4.69) is 9.97 Å². The van der Waals surface area contributed by atoms with Gasteiger partial charge < -0.3 is 10.0 Å². The van der Waals surface area contributed by atoms with E-state index in [9.17, 15) is 4.39 Å². The van der Waals surface area contributed by atoms with Crippen LogP contribution in [0.25, 0.3) is 0 Å². The van der Waals surface area contributed by atoms with Gasteiger partial charge in [-0.3, -0.25) is 0 Å². The summed E-state index contributed by atoms with van der Waals surface area (Å²) < 4.78 is 12.5. The van der Waals surface area contributed by atoms with Gasteiger partial charge in [0.2, 0.25) is 5.95 Å². The predicted molar refractivity (Wildman–Crippen MR) is 42.3 cm³/mol. The van der Waals surface area contributed by atoms with Crippen LogP contribution >= 0.6 is 0 Å². The molecule has 0 saturated carbocycles. The normalized spacial score (nSPS) is 9.92. The number of rotatable bonds is 3. The molecule has 0 atom stereocenters. The molecule has 1 aromatic heterocycles. The number of aromatic nitrogens is 2. The zero-order chi connectivity index (χ0) is 8.97. The molecule has 1 N–H and O–H groups in total. The van der Waals surface area contributed by atoms with Crippen molar-refractivity contribution >= 4 is 5.82 Å². The van der Waals surface area contributed by atoms with Crippen LogP contribution < -0.4 is 4.90 Å². The summed E-state index contributed by atoms with van der Waals surface area (Å²) in [5.41, 5.74) is 0. The third-order valence-corrected chi connectivity index (χ3v) is 1.45. The van der Waals surface area contributed by atoms with E-state index in [1.807, 2.05) is 0 Å². The van der Waals surface area contributed by atoms with E-state index in [1.165, 1.54) is 6.07 Å². The van der Waals surface area contributed by atoms with E-state index in [0.717, 1.165) is 6.33 Å². The summed E-state index contributed by atoms with van der Waals surface area (Å²) in [7, 11) is 1.72. The van der Waals surface area contributed by atoms with Gasteiger partial charge in [0, 0.05) is 19.7 Å². The maximum absolute atomic E-state index is 12.5. The Morgan fingerprint density at radius 1 is 1.58 bits per heavy atom. The van der Waals surface area contributed by atoms with Crippen LogP contribution in [-0.4, -0.2) is 35.3 Å². The molecule has 1 rings (SSSR count). The molecule has 4 nitrogen and oxygen atoms in total. The maximum atomic E-state index is 12.5. The van der Waals surface area contributed by atoms with Crippen LogP contribution in [0.1, 0.15) is 0 Å². The number of aliphatic hydroxyl groups excluding tert-OH is 1. The number of halogens is 1. The lowest BCUT2D eigenvalue weighted by atomic mass is 10.5. The monoisotopic (exact) mass is 171 g/mol. The summed E-state index contributed by atoms with van der Waals surface area (Å²) >= 11 is 0. The zero-order valence-corrected chi connectivity index (χ0v) is 6.74. The summed E-state index contributed by atoms with van der Waals surface area (Å²) in [4.78, 5) is 8.78. The van der Waals surface area contributed by atoms with Crippen molar-refractivity contribution in [3.63, 3.8) is 0 Å². The summed E-state index contributed by atoms with van der Waals surface area (Å²) in [6.07, 6.45) is 1.15. The van der Waals surface area contributed by atoms with Crippen molar-refractivity contribution in [2.24, 2.45) is 0 Å². The summed E-state index contributed by atoms with van der Waals surface area (Å²) in [6, 6.07) is 1.22. The molecule has 0 spiro atoms. The largest absolute Gasteiger partial charge is 0.395 e. The number of hydrogen-bond acceptors (Lipinski definition) is 4. The van der Waals surface area contributed by atoms with Crippen LogP contribution in [0.3, 0.4) is 0 Å². The maximum Gasteiger partial charge on any atom is 0.218 e. The third-order valence-electron chi connectivity index (χ3n) is 1.45. The Balaban J connectivity index is 2.73. The lowest BCUT2D eigenvalue weighted by Crippen LogP contribution is -2.22. The Hall–Kier alpha value is -1.23. The van der Waals surface area contributed by atoms with E-state index in [0.29, 0.717) is 12.4 Å². The minimum Gasteiger partial charge on any atom is -0.395 e. The van der Waals surface area contributed by atoms with E-state index in [1.54, 1.807) is 11.9 Å². The Labute approximate surface area is 69.7 Å². The van der Waals surface area contributed by atoms with Crippen molar-refractivity contribution in [3.05, 3.63) is 18.3 Å². The minimum absolute atomic E-state index is 0.0160. The lowest BCUT2D eigenvalue weighted by Gasteiger charge is -2.15. The van der Waals surface area contributed by atoms with Gasteiger partial charge in [-0.25, -0.2) is 9.97 Å². The number of likely N-dealkylation sites (N-methyl/N-ethyl adjacent to an activating group) is 1. The molecule has 0 aliphatic heterocycles. The first-order chi connectivity index (χ1) is 5.74. The van der Waals surface area contributed by atoms with Gasteiger partial charge in [-0.05, 0) is 0 Å². The molecular formula is C7H10FN3O. The highest BCUT2D eigenvalue weighted by molar-refractivity contribution is 5.35. The fourth-order valence-electron chi connectivity index (χ4n) is 0.798. The SMILES string of the molecule is CN(CCO)c1cc(F)ncn1. The van der Waals surface area contributed by atoms with Gasteiger partial charge >= 0.3 is 0 Å². The average Bonchev–Trinajstić information content (AvgIpc) is 2.05. The Morgan fingerprint density at radius 2 is 2.33 bits per heavy atom. The fourth-order valence-corrected chi connectivity index (χ4v) is 0.798. The van der Waals surface area contributed by atoms with Gasteiger partial charge in [0.15, 0.2) is 0 Å². The first-order valence-electron chi connectivity index (χ1n) is 3.53. The molecule has 5 heteroatoms. The first-order valence-corrected chi connectivity index (χ1v) is 3.53. The standard InChI is InChI=1S/C7H10FN3O/c1-11(2-3-12)7-4-6(8)9-5-10-7/h4-5,12H,2-3H2,1H3. The molecule has 0 radical (unpaired) electrons. The Morgan fingerprint density at radius 3 is 2.92 bits per heavy atom. The smallest absolute Gasteiger partial charge is 0.218 e. The van der Waals surface area contributed by atoms with Gasteiger partial charge in [0.05, 0.1) is 6.61 Å². The van der Waals surface area contributed by atoms with Crippen molar-refractivity contribution in [1.29, 1.82) is 0 Å². The van der Waals surface area contributed by atoms with Crippen molar-refractivity contribution in [2.75, 3.05) is 25.1 Å². The predicted octanol–water partition coefficient (Wildman–Crippen LogP) is 0.0442. The van der Waals surface area contributed by atoms with E-state index < -0.39 is 5.95 Å². The van der Waals surface area contributed by atoms with Crippen molar-refractivity contribution < 1.29 is 9.50 Å². The second-order valence-electron chi connectivity index (χ2n) is 2.34. The van der Waals surface area contributed by atoms with Crippen LogP contribution in [0, 0.1) is 5.95 Å². The van der Waals surface area contributed by atoms with Gasteiger partial charge in [0.25, 0.3) is 0 Å². The number of anilines is 1. The summed E-state index contributed by atoms with van der Waals surface area (Å²) in [5.74, 6) is -0.0960. The summed E-state index contributed by atoms with van der Waals surface area (Å²) in [5, 5.41) is 8.59. The number of aliphatic hydroxyl groups is 1. The zero-order valence-electron chi connectivity index (χ0n) is 6.74. The molecule has 12 heavy (non-hydrogen) atoms. The molecule has 1 aromatic rings. The van der Waals surface area contributed by atoms with Crippen molar-refractivity contribution in [1.82, 2.24) is 9.97 Å². The Kier molecular flexibility index (Phi) is 2.93. The molecular weight excluding hydrogens is 161 g/mol. The molecule has 0 unspecified atom stereocenters. The summed E-state index contributed by atoms with van der Waals surface area (Å²) in [6.45, 7) is 0.443. The lowest BCUT2D eigenvalue weighted by molar-refractivity contribution is 0.303. The van der Waals surface area contributed by atoms with Gasteiger partial charge in [-0.1, -0.05) is 0 Å².